The lowest BCUT2D eigenvalue weighted by molar-refractivity contribution is 0.0552. The van der Waals surface area contributed by atoms with Gasteiger partial charge in [-0.15, -0.1) is 0 Å². The van der Waals surface area contributed by atoms with E-state index in [4.69, 9.17) is 0 Å². The summed E-state index contributed by atoms with van der Waals surface area (Å²) in [5.74, 6) is 0.230. The van der Waals surface area contributed by atoms with Crippen LogP contribution in [0.25, 0.3) is 0 Å². The van der Waals surface area contributed by atoms with Gasteiger partial charge in [0.15, 0.2) is 0 Å². The molecule has 1 atom stereocenters. The van der Waals surface area contributed by atoms with Crippen molar-refractivity contribution in [1.29, 1.82) is 0 Å². The number of nitrogens with one attached hydrogen (secondary N) is 1. The van der Waals surface area contributed by atoms with Crippen molar-refractivity contribution in [2.24, 2.45) is 5.41 Å². The van der Waals surface area contributed by atoms with E-state index in [1.807, 2.05) is 0 Å². The molecule has 1 aromatic rings. The first kappa shape index (κ1) is 14.6. The number of aromatic nitrogens is 1. The lowest BCUT2D eigenvalue weighted by atomic mass is 9.79. The third-order valence-electron chi connectivity index (χ3n) is 5.40. The van der Waals surface area contributed by atoms with Crippen LogP contribution < -0.4 is 5.32 Å². The minimum atomic E-state index is 0.230. The summed E-state index contributed by atoms with van der Waals surface area (Å²) in [6.45, 7) is 11.2. The Morgan fingerprint density at radius 1 is 1.38 bits per heavy atom. The van der Waals surface area contributed by atoms with Crippen LogP contribution in [0, 0.1) is 19.3 Å². The maximum Gasteiger partial charge on any atom is 0.255 e. The third-order valence-corrected chi connectivity index (χ3v) is 5.40. The fraction of sp³-hybridized carbons (Fsp3) is 0.706. The number of carbonyl (C=O) groups excluding carboxylic acids is 1. The largest absolute Gasteiger partial charge is 0.349 e. The predicted octanol–water partition coefficient (Wildman–Crippen LogP) is 2.34. The number of aryl methyl sites for hydroxylation is 1. The zero-order valence-corrected chi connectivity index (χ0v) is 13.5. The van der Waals surface area contributed by atoms with Crippen molar-refractivity contribution in [3.63, 3.8) is 0 Å². The van der Waals surface area contributed by atoms with E-state index < -0.39 is 0 Å². The molecule has 4 nitrogen and oxygen atoms in total. The van der Waals surface area contributed by atoms with Gasteiger partial charge >= 0.3 is 0 Å². The summed E-state index contributed by atoms with van der Waals surface area (Å²) in [6, 6.07) is 2.06. The molecular formula is C17H27N3O. The standard InChI is InChI=1S/C17H27N3O/c1-4-20-13(2)10-15(14(20)3)16(21)19-9-5-6-17(12-19)7-8-18-11-17/h10,18H,4-9,11-12H2,1-3H3. The number of rotatable bonds is 2. The van der Waals surface area contributed by atoms with E-state index in [1.165, 1.54) is 18.5 Å². The van der Waals surface area contributed by atoms with Crippen molar-refractivity contribution in [2.75, 3.05) is 26.2 Å². The van der Waals surface area contributed by atoms with Gasteiger partial charge in [0, 0.05) is 43.0 Å². The summed E-state index contributed by atoms with van der Waals surface area (Å²) in [5, 5.41) is 3.47. The van der Waals surface area contributed by atoms with E-state index in [-0.39, 0.29) is 5.91 Å². The van der Waals surface area contributed by atoms with Crippen LogP contribution in [0.4, 0.5) is 0 Å². The molecule has 2 aliphatic heterocycles. The molecule has 0 radical (unpaired) electrons. The Hall–Kier alpha value is -1.29. The number of likely N-dealkylation sites (tertiary alicyclic amines) is 1. The molecule has 2 saturated heterocycles. The monoisotopic (exact) mass is 289 g/mol. The van der Waals surface area contributed by atoms with Crippen LogP contribution in [0.15, 0.2) is 6.07 Å². The van der Waals surface area contributed by atoms with Gasteiger partial charge in [-0.2, -0.15) is 0 Å². The van der Waals surface area contributed by atoms with Crippen LogP contribution in [0.3, 0.4) is 0 Å². The van der Waals surface area contributed by atoms with Gasteiger partial charge in [0.1, 0.15) is 0 Å². The zero-order chi connectivity index (χ0) is 15.0. The first-order valence-electron chi connectivity index (χ1n) is 8.23. The van der Waals surface area contributed by atoms with Crippen LogP contribution in [-0.2, 0) is 6.54 Å². The predicted molar refractivity (Wildman–Crippen MR) is 84.6 cm³/mol. The Morgan fingerprint density at radius 3 is 2.81 bits per heavy atom. The van der Waals surface area contributed by atoms with E-state index >= 15 is 0 Å². The maximum atomic E-state index is 12.9. The van der Waals surface area contributed by atoms with Crippen molar-refractivity contribution < 1.29 is 4.79 Å². The fourth-order valence-electron chi connectivity index (χ4n) is 4.20. The number of amides is 1. The zero-order valence-electron chi connectivity index (χ0n) is 13.5. The van der Waals surface area contributed by atoms with Gasteiger partial charge in [-0.05, 0) is 52.6 Å². The highest BCUT2D eigenvalue weighted by Crippen LogP contribution is 2.36. The Bertz CT molecular complexity index is 540. The average Bonchev–Trinajstić information content (AvgIpc) is 3.03. The van der Waals surface area contributed by atoms with Crippen LogP contribution in [0.2, 0.25) is 0 Å². The molecule has 0 aromatic carbocycles. The normalized spacial score (nSPS) is 25.8. The number of nitrogens with zero attached hydrogens (tertiary/aromatic N) is 2. The number of hydrogen-bond donors (Lipinski definition) is 1. The molecule has 21 heavy (non-hydrogen) atoms. The molecule has 3 rings (SSSR count). The van der Waals surface area contributed by atoms with E-state index in [1.54, 1.807) is 0 Å². The van der Waals surface area contributed by atoms with Gasteiger partial charge in [-0.1, -0.05) is 0 Å². The van der Waals surface area contributed by atoms with Crippen LogP contribution >= 0.6 is 0 Å². The summed E-state index contributed by atoms with van der Waals surface area (Å²) in [4.78, 5) is 15.0. The lowest BCUT2D eigenvalue weighted by Gasteiger charge is -2.40. The fourth-order valence-corrected chi connectivity index (χ4v) is 4.20. The van der Waals surface area contributed by atoms with Gasteiger partial charge in [-0.3, -0.25) is 4.79 Å². The molecule has 1 spiro atoms. The minimum Gasteiger partial charge on any atom is -0.349 e. The van der Waals surface area contributed by atoms with Gasteiger partial charge in [0.05, 0.1) is 5.56 Å². The molecule has 2 fully saturated rings. The quantitative estimate of drug-likeness (QED) is 0.907. The molecule has 2 aliphatic rings. The highest BCUT2D eigenvalue weighted by Gasteiger charge is 2.39. The van der Waals surface area contributed by atoms with E-state index in [0.717, 1.165) is 50.4 Å². The van der Waals surface area contributed by atoms with Gasteiger partial charge < -0.3 is 14.8 Å². The van der Waals surface area contributed by atoms with Gasteiger partial charge in [-0.25, -0.2) is 0 Å². The second kappa shape index (κ2) is 5.48. The van der Waals surface area contributed by atoms with Crippen molar-refractivity contribution in [3.05, 3.63) is 23.0 Å². The first-order chi connectivity index (χ1) is 10.1. The second-order valence-electron chi connectivity index (χ2n) is 6.79. The van der Waals surface area contributed by atoms with Crippen molar-refractivity contribution in [1.82, 2.24) is 14.8 Å². The van der Waals surface area contributed by atoms with Crippen LogP contribution in [0.5, 0.6) is 0 Å². The number of carbonyl (C=O) groups is 1. The molecule has 1 amide bonds. The molecule has 1 aromatic heterocycles. The van der Waals surface area contributed by atoms with Crippen LogP contribution in [0.1, 0.15) is 47.9 Å². The first-order valence-corrected chi connectivity index (χ1v) is 8.23. The molecule has 4 heteroatoms. The van der Waals surface area contributed by atoms with E-state index in [2.05, 4.69) is 41.6 Å². The highest BCUT2D eigenvalue weighted by atomic mass is 16.2. The van der Waals surface area contributed by atoms with Crippen molar-refractivity contribution >= 4 is 5.91 Å². The topological polar surface area (TPSA) is 37.3 Å². The summed E-state index contributed by atoms with van der Waals surface area (Å²) < 4.78 is 2.23. The van der Waals surface area contributed by atoms with E-state index in [9.17, 15) is 4.79 Å². The third kappa shape index (κ3) is 2.50. The highest BCUT2D eigenvalue weighted by molar-refractivity contribution is 5.95. The van der Waals surface area contributed by atoms with Crippen LogP contribution in [-0.4, -0.2) is 41.6 Å². The molecule has 0 bridgehead atoms. The molecular weight excluding hydrogens is 262 g/mol. The van der Waals surface area contributed by atoms with Crippen molar-refractivity contribution in [3.8, 4) is 0 Å². The van der Waals surface area contributed by atoms with Crippen molar-refractivity contribution in [2.45, 2.75) is 46.6 Å². The lowest BCUT2D eigenvalue weighted by Crippen LogP contribution is -2.47. The molecule has 0 saturated carbocycles. The Balaban J connectivity index is 1.82. The number of piperidine rings is 1. The molecule has 0 aliphatic carbocycles. The molecule has 1 unspecified atom stereocenters. The Morgan fingerprint density at radius 2 is 2.19 bits per heavy atom. The average molecular weight is 289 g/mol. The number of hydrogen-bond acceptors (Lipinski definition) is 2. The molecule has 3 heterocycles. The summed E-state index contributed by atoms with van der Waals surface area (Å²) >= 11 is 0. The smallest absolute Gasteiger partial charge is 0.255 e. The summed E-state index contributed by atoms with van der Waals surface area (Å²) in [7, 11) is 0. The minimum absolute atomic E-state index is 0.230. The molecule has 1 N–H and O–H groups in total. The summed E-state index contributed by atoms with van der Waals surface area (Å²) in [5.41, 5.74) is 3.54. The summed E-state index contributed by atoms with van der Waals surface area (Å²) in [6.07, 6.45) is 3.61. The SMILES string of the molecule is CCn1c(C)cc(C(=O)N2CCCC3(CCNC3)C2)c1C. The van der Waals surface area contributed by atoms with Gasteiger partial charge in [0.2, 0.25) is 0 Å². The van der Waals surface area contributed by atoms with E-state index in [0.29, 0.717) is 5.41 Å². The molecule has 116 valence electrons. The van der Waals surface area contributed by atoms with Gasteiger partial charge in [0.25, 0.3) is 5.91 Å². The Kier molecular flexibility index (Phi) is 3.82. The second-order valence-corrected chi connectivity index (χ2v) is 6.79. The Labute approximate surface area is 127 Å². The maximum absolute atomic E-state index is 12.9.